The third-order valence-corrected chi connectivity index (χ3v) is 3.69. The average molecular weight is 308 g/mol. The van der Waals surface area contributed by atoms with Gasteiger partial charge in [-0.1, -0.05) is 12.2 Å². The molecule has 118 valence electrons. The molecule has 0 aliphatic rings. The van der Waals surface area contributed by atoms with Crippen molar-refractivity contribution in [2.45, 2.75) is 26.3 Å². The minimum atomic E-state index is -0.258. The molecule has 23 heavy (non-hydrogen) atoms. The third-order valence-electron chi connectivity index (χ3n) is 3.69. The van der Waals surface area contributed by atoms with Crippen molar-refractivity contribution in [2.24, 2.45) is 0 Å². The maximum absolute atomic E-state index is 12.0. The molecule has 1 aromatic heterocycles. The molecule has 0 saturated heterocycles. The lowest BCUT2D eigenvalue weighted by Gasteiger charge is -2.09. The first-order valence-electron chi connectivity index (χ1n) is 7.57. The van der Waals surface area contributed by atoms with E-state index in [0.29, 0.717) is 25.1 Å². The first-order chi connectivity index (χ1) is 11.2. The summed E-state index contributed by atoms with van der Waals surface area (Å²) < 4.78 is 7.15. The second-order valence-corrected chi connectivity index (χ2v) is 5.14. The summed E-state index contributed by atoms with van der Waals surface area (Å²) in [5.41, 5.74) is 3.50. The molecule has 0 saturated carbocycles. The van der Waals surface area contributed by atoms with Gasteiger partial charge in [-0.25, -0.2) is 0 Å². The van der Waals surface area contributed by atoms with E-state index in [9.17, 15) is 4.79 Å². The van der Waals surface area contributed by atoms with Crippen LogP contribution in [0.1, 0.15) is 23.7 Å². The van der Waals surface area contributed by atoms with Gasteiger partial charge in [0.25, 0.3) is 0 Å². The van der Waals surface area contributed by atoms with Crippen LogP contribution in [0.5, 0.6) is 0 Å². The van der Waals surface area contributed by atoms with Gasteiger partial charge in [0.2, 0.25) is 0 Å². The van der Waals surface area contributed by atoms with Gasteiger partial charge in [-0.05, 0) is 37.1 Å². The maximum Gasteiger partial charge on any atom is 0.311 e. The Kier molecular flexibility index (Phi) is 5.37. The number of hydrogen-bond donors (Lipinski definition) is 0. The number of carbonyl (C=O) groups is 1. The van der Waals surface area contributed by atoms with Gasteiger partial charge in [0, 0.05) is 23.1 Å². The van der Waals surface area contributed by atoms with Gasteiger partial charge < -0.3 is 9.30 Å². The van der Waals surface area contributed by atoms with Crippen LogP contribution >= 0.6 is 0 Å². The molecule has 0 radical (unpaired) electrons. The van der Waals surface area contributed by atoms with E-state index in [4.69, 9.17) is 10.00 Å². The first-order valence-corrected chi connectivity index (χ1v) is 7.57. The number of esters is 1. The Labute approximate surface area is 136 Å². The quantitative estimate of drug-likeness (QED) is 0.581. The van der Waals surface area contributed by atoms with Gasteiger partial charge in [-0.3, -0.25) is 4.79 Å². The summed E-state index contributed by atoms with van der Waals surface area (Å²) >= 11 is 0. The van der Waals surface area contributed by atoms with Gasteiger partial charge in [0.15, 0.2) is 0 Å². The Hall–Kier alpha value is -2.80. The summed E-state index contributed by atoms with van der Waals surface area (Å²) in [4.78, 5) is 12.0. The standard InChI is InChI=1S/C19H20N2O2/c1-4-7-15-16-11-14(13-20)8-9-17(16)21(10-5-2)18(15)12-19(22)23-6-3/h4-5,8-9,11H,1-2,6-7,10,12H2,3H3. The van der Waals surface area contributed by atoms with E-state index in [2.05, 4.69) is 23.8 Å². The summed E-state index contributed by atoms with van der Waals surface area (Å²) in [5.74, 6) is -0.258. The van der Waals surface area contributed by atoms with Crippen LogP contribution in [0.2, 0.25) is 0 Å². The predicted molar refractivity (Wildman–Crippen MR) is 91.1 cm³/mol. The molecule has 0 aliphatic carbocycles. The maximum atomic E-state index is 12.0. The van der Waals surface area contributed by atoms with Crippen molar-refractivity contribution in [2.75, 3.05) is 6.61 Å². The average Bonchev–Trinajstić information content (AvgIpc) is 2.82. The minimum absolute atomic E-state index is 0.196. The molecular weight excluding hydrogens is 288 g/mol. The van der Waals surface area contributed by atoms with Gasteiger partial charge in [0.1, 0.15) is 0 Å². The van der Waals surface area contributed by atoms with E-state index in [0.717, 1.165) is 22.2 Å². The molecule has 0 spiro atoms. The fourth-order valence-electron chi connectivity index (χ4n) is 2.81. The number of nitrogens with zero attached hydrogens (tertiary/aromatic N) is 2. The summed E-state index contributed by atoms with van der Waals surface area (Å²) in [6.45, 7) is 10.3. The van der Waals surface area contributed by atoms with Crippen LogP contribution in [0, 0.1) is 11.3 Å². The number of hydrogen-bond acceptors (Lipinski definition) is 3. The van der Waals surface area contributed by atoms with Crippen molar-refractivity contribution in [3.05, 3.63) is 60.3 Å². The van der Waals surface area contributed by atoms with Gasteiger partial charge in [0.05, 0.1) is 24.7 Å². The molecule has 4 heteroatoms. The summed E-state index contributed by atoms with van der Waals surface area (Å²) in [5, 5.41) is 10.1. The van der Waals surface area contributed by atoms with E-state index in [1.807, 2.05) is 12.1 Å². The van der Waals surface area contributed by atoms with Gasteiger partial charge >= 0.3 is 5.97 Å². The van der Waals surface area contributed by atoms with E-state index in [-0.39, 0.29) is 12.4 Å². The number of benzene rings is 1. The van der Waals surface area contributed by atoms with Gasteiger partial charge in [-0.15, -0.1) is 13.2 Å². The molecule has 2 aromatic rings. The van der Waals surface area contributed by atoms with Crippen molar-refractivity contribution in [3.63, 3.8) is 0 Å². The highest BCUT2D eigenvalue weighted by Crippen LogP contribution is 2.29. The monoisotopic (exact) mass is 308 g/mol. The van der Waals surface area contributed by atoms with Crippen LogP contribution in [0.15, 0.2) is 43.5 Å². The lowest BCUT2D eigenvalue weighted by atomic mass is 10.0. The molecule has 1 heterocycles. The molecule has 0 amide bonds. The molecule has 0 N–H and O–H groups in total. The minimum Gasteiger partial charge on any atom is -0.466 e. The summed E-state index contributed by atoms with van der Waals surface area (Å²) in [7, 11) is 0. The second kappa shape index (κ2) is 7.46. The number of nitriles is 1. The number of ether oxygens (including phenoxy) is 1. The number of rotatable bonds is 7. The van der Waals surface area contributed by atoms with Crippen molar-refractivity contribution in [1.29, 1.82) is 5.26 Å². The predicted octanol–water partition coefficient (Wildman–Crippen LogP) is 3.53. The third kappa shape index (κ3) is 3.35. The van der Waals surface area contributed by atoms with E-state index >= 15 is 0 Å². The van der Waals surface area contributed by atoms with E-state index < -0.39 is 0 Å². The number of aromatic nitrogens is 1. The normalized spacial score (nSPS) is 10.3. The fourth-order valence-corrected chi connectivity index (χ4v) is 2.81. The molecule has 0 atom stereocenters. The SMILES string of the molecule is C=CCc1c(CC(=O)OCC)n(CC=C)c2ccc(C#N)cc12. The summed E-state index contributed by atoms with van der Waals surface area (Å²) in [6, 6.07) is 7.73. The molecule has 0 aliphatic heterocycles. The Morgan fingerprint density at radius 1 is 1.39 bits per heavy atom. The van der Waals surface area contributed by atoms with Crippen molar-refractivity contribution >= 4 is 16.9 Å². The van der Waals surface area contributed by atoms with Crippen molar-refractivity contribution in [3.8, 4) is 6.07 Å². The summed E-state index contributed by atoms with van der Waals surface area (Å²) in [6.07, 6.45) is 4.43. The highest BCUT2D eigenvalue weighted by Gasteiger charge is 2.19. The fraction of sp³-hybridized carbons (Fsp3) is 0.263. The largest absolute Gasteiger partial charge is 0.466 e. The van der Waals surface area contributed by atoms with Gasteiger partial charge in [-0.2, -0.15) is 5.26 Å². The van der Waals surface area contributed by atoms with Crippen LogP contribution in [0.4, 0.5) is 0 Å². The lowest BCUT2D eigenvalue weighted by molar-refractivity contribution is -0.142. The second-order valence-electron chi connectivity index (χ2n) is 5.14. The highest BCUT2D eigenvalue weighted by atomic mass is 16.5. The Morgan fingerprint density at radius 2 is 2.17 bits per heavy atom. The zero-order chi connectivity index (χ0) is 16.8. The zero-order valence-corrected chi connectivity index (χ0v) is 13.3. The van der Waals surface area contributed by atoms with Crippen LogP contribution in [-0.2, 0) is 28.9 Å². The Balaban J connectivity index is 2.68. The molecule has 2 rings (SSSR count). The topological polar surface area (TPSA) is 55.0 Å². The molecule has 1 aromatic carbocycles. The molecular formula is C19H20N2O2. The smallest absolute Gasteiger partial charge is 0.311 e. The Morgan fingerprint density at radius 3 is 2.78 bits per heavy atom. The molecule has 0 bridgehead atoms. The number of allylic oxidation sites excluding steroid dienone is 2. The molecule has 0 unspecified atom stereocenters. The first kappa shape index (κ1) is 16.6. The number of carbonyl (C=O) groups excluding carboxylic acids is 1. The van der Waals surface area contributed by atoms with Crippen LogP contribution in [0.25, 0.3) is 10.9 Å². The zero-order valence-electron chi connectivity index (χ0n) is 13.3. The molecule has 4 nitrogen and oxygen atoms in total. The number of fused-ring (bicyclic) bond motifs is 1. The van der Waals surface area contributed by atoms with Crippen LogP contribution < -0.4 is 0 Å². The van der Waals surface area contributed by atoms with E-state index in [1.54, 1.807) is 25.1 Å². The molecule has 0 fully saturated rings. The van der Waals surface area contributed by atoms with Crippen LogP contribution in [-0.4, -0.2) is 17.1 Å². The highest BCUT2D eigenvalue weighted by molar-refractivity contribution is 5.89. The van der Waals surface area contributed by atoms with Crippen LogP contribution in [0.3, 0.4) is 0 Å². The van der Waals surface area contributed by atoms with Crippen molar-refractivity contribution in [1.82, 2.24) is 4.57 Å². The van der Waals surface area contributed by atoms with Crippen molar-refractivity contribution < 1.29 is 9.53 Å². The lowest BCUT2D eigenvalue weighted by Crippen LogP contribution is -2.13. The Bertz CT molecular complexity index is 794. The van der Waals surface area contributed by atoms with E-state index in [1.165, 1.54) is 0 Å².